The van der Waals surface area contributed by atoms with Gasteiger partial charge in [-0.3, -0.25) is 0 Å². The van der Waals surface area contributed by atoms with E-state index >= 15 is 0 Å². The van der Waals surface area contributed by atoms with Crippen LogP contribution in [0.3, 0.4) is 0 Å². The van der Waals surface area contributed by atoms with Crippen molar-refractivity contribution in [2.45, 2.75) is 38.6 Å². The van der Waals surface area contributed by atoms with Crippen molar-refractivity contribution in [3.8, 4) is 0 Å². The summed E-state index contributed by atoms with van der Waals surface area (Å²) in [4.78, 5) is 4.13. The zero-order valence-corrected chi connectivity index (χ0v) is 17.7. The van der Waals surface area contributed by atoms with Gasteiger partial charge in [-0.2, -0.15) is 0 Å². The summed E-state index contributed by atoms with van der Waals surface area (Å²) in [5, 5.41) is 3.90. The van der Waals surface area contributed by atoms with Gasteiger partial charge in [-0.1, -0.05) is 25.5 Å². The number of aryl methyl sites for hydroxylation is 1. The molecule has 0 bridgehead atoms. The summed E-state index contributed by atoms with van der Waals surface area (Å²) in [7, 11) is 1.08. The first kappa shape index (κ1) is 21.1. The summed E-state index contributed by atoms with van der Waals surface area (Å²) in [5.74, 6) is 0.447. The Hall–Kier alpha value is -1.18. The van der Waals surface area contributed by atoms with E-state index in [-0.39, 0.29) is 17.5 Å². The lowest BCUT2D eigenvalue weighted by Gasteiger charge is -2.32. The summed E-state index contributed by atoms with van der Waals surface area (Å²) in [6, 6.07) is 8.32. The highest BCUT2D eigenvalue weighted by Crippen LogP contribution is 2.20. The molecule has 1 aliphatic heterocycles. The fourth-order valence-electron chi connectivity index (χ4n) is 3.11. The van der Waals surface area contributed by atoms with Crippen LogP contribution < -0.4 is 5.32 Å². The molecule has 0 aromatic heterocycles. The Labute approximate surface area is 163 Å². The summed E-state index contributed by atoms with van der Waals surface area (Å²) in [6.45, 7) is 3.74. The van der Waals surface area contributed by atoms with Gasteiger partial charge in [0.1, 0.15) is 0 Å². The second-order valence-electron chi connectivity index (χ2n) is 7.28. The van der Waals surface area contributed by atoms with E-state index in [4.69, 9.17) is 12.2 Å². The number of rotatable bonds is 8. The highest BCUT2D eigenvalue weighted by atomic mass is 32.2. The minimum atomic E-state index is -2.94. The number of sulfone groups is 1. The zero-order valence-electron chi connectivity index (χ0n) is 16.1. The Bertz CT molecular complexity index is 687. The molecule has 1 aromatic rings. The molecule has 0 amide bonds. The Morgan fingerprint density at radius 1 is 1.23 bits per heavy atom. The first-order valence-electron chi connectivity index (χ1n) is 9.32. The van der Waals surface area contributed by atoms with Crippen molar-refractivity contribution in [3.63, 3.8) is 0 Å². The minimum absolute atomic E-state index is 0.0382. The lowest BCUT2D eigenvalue weighted by atomic mass is 10.1. The highest BCUT2D eigenvalue weighted by molar-refractivity contribution is 7.91. The topological polar surface area (TPSA) is 52.6 Å². The van der Waals surface area contributed by atoms with Crippen LogP contribution in [0.5, 0.6) is 0 Å². The number of unbranched alkanes of at least 4 members (excludes halogenated alkanes) is 1. The van der Waals surface area contributed by atoms with Gasteiger partial charge in [-0.05, 0) is 63.3 Å². The molecule has 0 aliphatic carbocycles. The molecule has 146 valence electrons. The molecule has 0 radical (unpaired) electrons. The largest absolute Gasteiger partial charge is 0.344 e. The van der Waals surface area contributed by atoms with Gasteiger partial charge in [0.15, 0.2) is 14.9 Å². The van der Waals surface area contributed by atoms with E-state index in [2.05, 4.69) is 29.3 Å². The standard InChI is InChI=1S/C19H31N3O2S2/c1-4-5-6-16-7-9-17(10-8-16)20-19(25)22(13-12-21(2)3)18-11-14-26(23,24)15-18/h7-10,18H,4-6,11-15H2,1-3H3,(H,20,25)/t18-/m0/s1. The normalized spacial score (nSPS) is 18.8. The molecule has 0 saturated carbocycles. The number of thiocarbonyl (C=S) groups is 1. The van der Waals surface area contributed by atoms with Gasteiger partial charge in [0, 0.05) is 24.8 Å². The number of hydrogen-bond acceptors (Lipinski definition) is 4. The van der Waals surface area contributed by atoms with E-state index in [9.17, 15) is 8.42 Å². The van der Waals surface area contributed by atoms with Gasteiger partial charge < -0.3 is 15.1 Å². The molecule has 1 heterocycles. The van der Waals surface area contributed by atoms with Gasteiger partial charge >= 0.3 is 0 Å². The Balaban J connectivity index is 2.03. The van der Waals surface area contributed by atoms with Crippen molar-refractivity contribution in [1.29, 1.82) is 0 Å². The van der Waals surface area contributed by atoms with Crippen LogP contribution in [0.15, 0.2) is 24.3 Å². The van der Waals surface area contributed by atoms with Crippen LogP contribution in [0.25, 0.3) is 0 Å². The predicted molar refractivity (Wildman–Crippen MR) is 114 cm³/mol. The van der Waals surface area contributed by atoms with Gasteiger partial charge in [0.05, 0.1) is 11.5 Å². The molecule has 2 rings (SSSR count). The Kier molecular flexibility index (Phi) is 7.85. The number of nitrogens with one attached hydrogen (secondary N) is 1. The molecule has 1 saturated heterocycles. The Morgan fingerprint density at radius 3 is 2.46 bits per heavy atom. The molecular weight excluding hydrogens is 366 g/mol. The van der Waals surface area contributed by atoms with Crippen LogP contribution in [0.1, 0.15) is 31.7 Å². The van der Waals surface area contributed by atoms with E-state index in [1.54, 1.807) is 0 Å². The van der Waals surface area contributed by atoms with Crippen LogP contribution in [-0.2, 0) is 16.3 Å². The van der Waals surface area contributed by atoms with Crippen LogP contribution in [0.2, 0.25) is 0 Å². The van der Waals surface area contributed by atoms with Gasteiger partial charge in [0.25, 0.3) is 0 Å². The smallest absolute Gasteiger partial charge is 0.173 e. The monoisotopic (exact) mass is 397 g/mol. The van der Waals surface area contributed by atoms with Gasteiger partial charge in [-0.25, -0.2) is 8.42 Å². The molecule has 7 heteroatoms. The van der Waals surface area contributed by atoms with Crippen LogP contribution >= 0.6 is 12.2 Å². The van der Waals surface area contributed by atoms with Crippen molar-refractivity contribution in [1.82, 2.24) is 9.80 Å². The summed E-state index contributed by atoms with van der Waals surface area (Å²) in [5.41, 5.74) is 2.28. The number of benzene rings is 1. The third-order valence-corrected chi connectivity index (χ3v) is 6.81. The molecule has 0 unspecified atom stereocenters. The second kappa shape index (κ2) is 9.67. The number of hydrogen-bond donors (Lipinski definition) is 1. The average Bonchev–Trinajstić information content (AvgIpc) is 2.94. The van der Waals surface area contributed by atoms with E-state index < -0.39 is 9.84 Å². The SMILES string of the molecule is CCCCc1ccc(NC(=S)N(CCN(C)C)[C@H]2CCS(=O)(=O)C2)cc1. The van der Waals surface area contributed by atoms with Crippen LogP contribution in [0.4, 0.5) is 5.69 Å². The number of anilines is 1. The zero-order chi connectivity index (χ0) is 19.2. The number of likely N-dealkylation sites (N-methyl/N-ethyl adjacent to an activating group) is 1. The quantitative estimate of drug-likeness (QED) is 0.681. The van der Waals surface area contributed by atoms with Gasteiger partial charge in [-0.15, -0.1) is 0 Å². The van der Waals surface area contributed by atoms with E-state index in [0.29, 0.717) is 18.1 Å². The fraction of sp³-hybridized carbons (Fsp3) is 0.632. The Morgan fingerprint density at radius 2 is 1.92 bits per heavy atom. The van der Waals surface area contributed by atoms with E-state index in [1.807, 2.05) is 31.1 Å². The van der Waals surface area contributed by atoms with Gasteiger partial charge in [0.2, 0.25) is 0 Å². The van der Waals surface area contributed by atoms with Crippen molar-refractivity contribution in [2.75, 3.05) is 44.0 Å². The lowest BCUT2D eigenvalue weighted by Crippen LogP contribution is -2.46. The molecule has 5 nitrogen and oxygen atoms in total. The molecular formula is C19H31N3O2S2. The molecule has 0 spiro atoms. The molecule has 1 atom stereocenters. The van der Waals surface area contributed by atoms with Crippen LogP contribution in [-0.4, -0.2) is 68.1 Å². The summed E-state index contributed by atoms with van der Waals surface area (Å²) < 4.78 is 23.8. The van der Waals surface area contributed by atoms with E-state index in [1.165, 1.54) is 18.4 Å². The van der Waals surface area contributed by atoms with Crippen molar-refractivity contribution in [3.05, 3.63) is 29.8 Å². The lowest BCUT2D eigenvalue weighted by molar-refractivity contribution is 0.289. The molecule has 1 aromatic carbocycles. The maximum atomic E-state index is 11.9. The first-order valence-corrected chi connectivity index (χ1v) is 11.6. The predicted octanol–water partition coefficient (Wildman–Crippen LogP) is 2.78. The van der Waals surface area contributed by atoms with Crippen molar-refractivity contribution < 1.29 is 8.42 Å². The molecule has 1 N–H and O–H groups in total. The summed E-state index contributed by atoms with van der Waals surface area (Å²) in [6.07, 6.45) is 4.12. The molecule has 1 fully saturated rings. The first-order chi connectivity index (χ1) is 12.3. The average molecular weight is 398 g/mol. The van der Waals surface area contributed by atoms with Crippen molar-refractivity contribution >= 4 is 32.9 Å². The maximum absolute atomic E-state index is 11.9. The van der Waals surface area contributed by atoms with Crippen molar-refractivity contribution in [2.24, 2.45) is 0 Å². The molecule has 26 heavy (non-hydrogen) atoms. The highest BCUT2D eigenvalue weighted by Gasteiger charge is 2.33. The fourth-order valence-corrected chi connectivity index (χ4v) is 5.20. The third-order valence-electron chi connectivity index (χ3n) is 4.72. The van der Waals surface area contributed by atoms with E-state index in [0.717, 1.165) is 18.7 Å². The third kappa shape index (κ3) is 6.52. The summed E-state index contributed by atoms with van der Waals surface area (Å²) >= 11 is 5.63. The maximum Gasteiger partial charge on any atom is 0.173 e. The second-order valence-corrected chi connectivity index (χ2v) is 9.90. The number of nitrogens with zero attached hydrogens (tertiary/aromatic N) is 2. The van der Waals surface area contributed by atoms with Crippen LogP contribution in [0, 0.1) is 0 Å². The molecule has 1 aliphatic rings. The minimum Gasteiger partial charge on any atom is -0.344 e.